The molecule has 0 aromatic heterocycles. The molecule has 2 heterocycles. The Morgan fingerprint density at radius 2 is 1.33 bits per heavy atom. The van der Waals surface area contributed by atoms with Gasteiger partial charge in [-0.25, -0.2) is 0 Å². The summed E-state index contributed by atoms with van der Waals surface area (Å²) in [5, 5.41) is 13.0. The third-order valence-electron chi connectivity index (χ3n) is 10.3. The molecule has 0 aromatic rings. The maximum absolute atomic E-state index is 13.4. The Morgan fingerprint density at radius 3 is 1.85 bits per heavy atom. The van der Waals surface area contributed by atoms with Gasteiger partial charge in [-0.3, -0.25) is 33.6 Å². The van der Waals surface area contributed by atoms with Gasteiger partial charge in [-0.1, -0.05) is 40.7 Å². The highest BCUT2D eigenvalue weighted by Crippen LogP contribution is 2.63. The average Bonchev–Trinajstić information content (AvgIpc) is 3.78. The molecule has 2 aliphatic carbocycles. The Labute approximate surface area is 314 Å². The van der Waals surface area contributed by atoms with Crippen LogP contribution in [0.3, 0.4) is 0 Å². The van der Waals surface area contributed by atoms with Gasteiger partial charge in [-0.05, 0) is 36.5 Å². The van der Waals surface area contributed by atoms with Crippen LogP contribution < -0.4 is 0 Å². The minimum absolute atomic E-state index is 0.0256. The molecular weight excluding hydrogens is 712 g/mol. The summed E-state index contributed by atoms with van der Waals surface area (Å²) in [7, 11) is 0. The number of carbonyl (C=O) groups is 7. The van der Waals surface area contributed by atoms with Crippen LogP contribution in [0, 0.1) is 29.1 Å². The van der Waals surface area contributed by atoms with E-state index in [1.54, 1.807) is 13.8 Å². The van der Waals surface area contributed by atoms with Crippen LogP contribution in [0.1, 0.15) is 82.1 Å². The first-order valence-electron chi connectivity index (χ1n) is 18.1. The highest BCUT2D eigenvalue weighted by Gasteiger charge is 2.81. The van der Waals surface area contributed by atoms with Crippen LogP contribution in [0.15, 0.2) is 23.8 Å². The van der Waals surface area contributed by atoms with Gasteiger partial charge in [0.15, 0.2) is 30.0 Å². The summed E-state index contributed by atoms with van der Waals surface area (Å²) in [6, 6.07) is 0. The van der Waals surface area contributed by atoms with E-state index < -0.39 is 107 Å². The second kappa shape index (κ2) is 16.2. The van der Waals surface area contributed by atoms with Crippen LogP contribution in [0.4, 0.5) is 0 Å². The van der Waals surface area contributed by atoms with E-state index in [9.17, 15) is 38.7 Å². The first-order valence-corrected chi connectivity index (χ1v) is 18.1. The number of hydrogen-bond acceptors (Lipinski definition) is 16. The molecule has 3 fully saturated rings. The summed E-state index contributed by atoms with van der Waals surface area (Å²) in [6.45, 7) is 13.9. The molecule has 16 heteroatoms. The number of esters is 7. The molecule has 1 saturated carbocycles. The molecule has 16 nitrogen and oxygen atoms in total. The first kappa shape index (κ1) is 42.4. The molecule has 300 valence electrons. The van der Waals surface area contributed by atoms with Gasteiger partial charge in [0, 0.05) is 46.5 Å². The minimum Gasteiger partial charge on any atom is -0.461 e. The molecule has 0 radical (unpaired) electrons. The smallest absolute Gasteiger partial charge is 0.312 e. The molecule has 1 N–H and O–H groups in total. The van der Waals surface area contributed by atoms with Crippen LogP contribution in [0.5, 0.6) is 0 Å². The summed E-state index contributed by atoms with van der Waals surface area (Å²) in [5.74, 6) is -8.67. The fraction of sp³-hybridized carbons (Fsp3) is 0.711. The van der Waals surface area contributed by atoms with E-state index >= 15 is 0 Å². The summed E-state index contributed by atoms with van der Waals surface area (Å²) >= 11 is 0. The third-order valence-corrected chi connectivity index (χ3v) is 10.3. The molecule has 0 bridgehead atoms. The van der Waals surface area contributed by atoms with Gasteiger partial charge in [-0.2, -0.15) is 0 Å². The zero-order chi connectivity index (χ0) is 40.5. The molecule has 54 heavy (non-hydrogen) atoms. The monoisotopic (exact) mass is 764 g/mol. The summed E-state index contributed by atoms with van der Waals surface area (Å²) in [4.78, 5) is 91.4. The normalized spacial score (nSPS) is 37.1. The van der Waals surface area contributed by atoms with Gasteiger partial charge < -0.3 is 43.0 Å². The molecule has 0 amide bonds. The van der Waals surface area contributed by atoms with Crippen LogP contribution in [-0.2, 0) is 71.5 Å². The van der Waals surface area contributed by atoms with Crippen molar-refractivity contribution < 1.29 is 76.6 Å². The fourth-order valence-corrected chi connectivity index (χ4v) is 8.00. The Bertz CT molecular complexity index is 1570. The van der Waals surface area contributed by atoms with Gasteiger partial charge in [0.05, 0.1) is 17.9 Å². The second-order valence-corrected chi connectivity index (χ2v) is 15.6. The number of ether oxygens (including phenoxy) is 8. The van der Waals surface area contributed by atoms with E-state index in [0.717, 1.165) is 27.7 Å². The van der Waals surface area contributed by atoms with Crippen molar-refractivity contribution in [3.05, 3.63) is 23.8 Å². The van der Waals surface area contributed by atoms with Gasteiger partial charge in [0.2, 0.25) is 0 Å². The first-order chi connectivity index (χ1) is 25.1. The average molecular weight is 765 g/mol. The predicted molar refractivity (Wildman–Crippen MR) is 183 cm³/mol. The molecule has 4 rings (SSSR count). The van der Waals surface area contributed by atoms with Crippen LogP contribution in [-0.4, -0.2) is 108 Å². The van der Waals surface area contributed by atoms with Gasteiger partial charge in [-0.15, -0.1) is 0 Å². The Morgan fingerprint density at radius 1 is 0.815 bits per heavy atom. The van der Waals surface area contributed by atoms with E-state index in [1.165, 1.54) is 32.1 Å². The summed E-state index contributed by atoms with van der Waals surface area (Å²) in [6.07, 6.45) is -5.44. The lowest BCUT2D eigenvalue weighted by molar-refractivity contribution is -0.279. The SMILES string of the molecule is CC(=O)O[C@@H]1[C@H](OC(=O)CC(C)C)[C@H](OC(C)=O)[C@]2(C)[C@@H](OC(C)=O)/C=C\C(COC(=O)CC(C)C)=C/[C@@H]3OC(=O)[C@H](C)[C@@]3(O)[C@@H](OC(C)=O)[C@H]2[C@@]12CO2. The van der Waals surface area contributed by atoms with E-state index in [-0.39, 0.29) is 43.5 Å². The number of epoxide rings is 1. The minimum atomic E-state index is -2.44. The van der Waals surface area contributed by atoms with E-state index in [4.69, 9.17) is 37.9 Å². The van der Waals surface area contributed by atoms with Crippen molar-refractivity contribution in [1.82, 2.24) is 0 Å². The zero-order valence-corrected chi connectivity index (χ0v) is 32.4. The molecule has 1 spiro atoms. The van der Waals surface area contributed by atoms with Gasteiger partial charge in [0.1, 0.15) is 24.4 Å². The maximum atomic E-state index is 13.4. The van der Waals surface area contributed by atoms with Gasteiger partial charge in [0.25, 0.3) is 0 Å². The Hall–Kier alpha value is -4.31. The number of rotatable bonds is 11. The summed E-state index contributed by atoms with van der Waals surface area (Å²) in [5.41, 5.74) is -5.91. The fourth-order valence-electron chi connectivity index (χ4n) is 8.00. The standard InChI is InChI=1S/C38H52O16/c1-18(2)13-28(43)47-16-25-11-12-26(49-21(6)39)36(10)31(34(52-24(9)42)38(46)20(5)35(45)53-27(38)15-25)37(17-48-37)33(51-23(8)41)30(32(36)50-22(7)40)54-29(44)14-19(3)4/h11-12,15,18-20,26-27,30-34,46H,13-14,16-17H2,1-10H3/b12-11-,25-15+/t20-,26-,27-,30+,31+,32-,33+,34-,36+,37-,38-/m0/s1. The zero-order valence-electron chi connectivity index (χ0n) is 32.4. The third kappa shape index (κ3) is 8.49. The van der Waals surface area contributed by atoms with Gasteiger partial charge >= 0.3 is 41.8 Å². The maximum Gasteiger partial charge on any atom is 0.312 e. The van der Waals surface area contributed by atoms with Crippen molar-refractivity contribution in [3.63, 3.8) is 0 Å². The Balaban J connectivity index is 2.11. The van der Waals surface area contributed by atoms with E-state index in [2.05, 4.69) is 0 Å². The summed E-state index contributed by atoms with van der Waals surface area (Å²) < 4.78 is 47.2. The molecule has 2 aliphatic heterocycles. The van der Waals surface area contributed by atoms with Crippen LogP contribution in [0.2, 0.25) is 0 Å². The van der Waals surface area contributed by atoms with Crippen molar-refractivity contribution in [2.75, 3.05) is 13.2 Å². The topological polar surface area (TPSA) is 217 Å². The number of fused-ring (bicyclic) bond motifs is 3. The number of carbonyl (C=O) groups excluding carboxylic acids is 7. The molecule has 0 aromatic carbocycles. The molecular formula is C38H52O16. The van der Waals surface area contributed by atoms with Crippen LogP contribution >= 0.6 is 0 Å². The molecule has 4 aliphatic rings. The molecule has 11 atom stereocenters. The highest BCUT2D eigenvalue weighted by molar-refractivity contribution is 5.78. The van der Waals surface area contributed by atoms with E-state index in [0.29, 0.717) is 0 Å². The number of hydrogen-bond donors (Lipinski definition) is 1. The number of aliphatic hydroxyl groups is 1. The lowest BCUT2D eigenvalue weighted by Gasteiger charge is -2.59. The van der Waals surface area contributed by atoms with Crippen molar-refractivity contribution in [2.24, 2.45) is 29.1 Å². The van der Waals surface area contributed by atoms with Crippen molar-refractivity contribution in [2.45, 2.75) is 130 Å². The Kier molecular flexibility index (Phi) is 12.7. The lowest BCUT2D eigenvalue weighted by Crippen LogP contribution is -2.76. The van der Waals surface area contributed by atoms with Crippen LogP contribution in [0.25, 0.3) is 0 Å². The quantitative estimate of drug-likeness (QED) is 0.182. The van der Waals surface area contributed by atoms with Crippen molar-refractivity contribution in [1.29, 1.82) is 0 Å². The second-order valence-electron chi connectivity index (χ2n) is 15.6. The highest BCUT2D eigenvalue weighted by atomic mass is 16.7. The van der Waals surface area contributed by atoms with Crippen molar-refractivity contribution in [3.8, 4) is 0 Å². The predicted octanol–water partition coefficient (Wildman–Crippen LogP) is 2.45. The van der Waals surface area contributed by atoms with E-state index in [1.807, 2.05) is 13.8 Å². The molecule has 0 unspecified atom stereocenters. The van der Waals surface area contributed by atoms with Crippen molar-refractivity contribution >= 4 is 41.8 Å². The largest absolute Gasteiger partial charge is 0.461 e. The lowest BCUT2D eigenvalue weighted by atomic mass is 9.51. The molecule has 2 saturated heterocycles.